The van der Waals surface area contributed by atoms with Crippen molar-refractivity contribution in [3.05, 3.63) is 77.9 Å². The number of hydrogen-bond donors (Lipinski definition) is 0. The first-order valence-corrected chi connectivity index (χ1v) is 6.74. The first kappa shape index (κ1) is 14.5. The van der Waals surface area contributed by atoms with Crippen molar-refractivity contribution in [1.29, 1.82) is 0 Å². The molecule has 0 amide bonds. The summed E-state index contributed by atoms with van der Waals surface area (Å²) >= 11 is 0. The Balaban J connectivity index is 2.32. The van der Waals surface area contributed by atoms with Crippen LogP contribution in [0, 0.1) is 0 Å². The normalized spacial score (nSPS) is 11.9. The predicted octanol–water partition coefficient (Wildman–Crippen LogP) is 4.13. The fourth-order valence-corrected chi connectivity index (χ4v) is 2.05. The Morgan fingerprint density at radius 3 is 1.90 bits per heavy atom. The van der Waals surface area contributed by atoms with Gasteiger partial charge in [0.1, 0.15) is 6.79 Å². The average molecular weight is 268 g/mol. The maximum atomic E-state index is 5.57. The Labute approximate surface area is 120 Å². The summed E-state index contributed by atoms with van der Waals surface area (Å²) in [4.78, 5) is 0. The number of benzene rings is 2. The van der Waals surface area contributed by atoms with Gasteiger partial charge in [0.25, 0.3) is 0 Å². The minimum atomic E-state index is -0.00892. The van der Waals surface area contributed by atoms with Gasteiger partial charge in [0.15, 0.2) is 0 Å². The standard InChI is InChI=1S/C18H20O2/c1-15(20-14-19-2)13-18(16-9-5-3-6-10-16)17-11-7-4-8-12-17/h3-13,15H,14H2,1-2H3. The SMILES string of the molecule is COCOC(C)C=C(c1ccccc1)c1ccccc1. The molecule has 0 aliphatic carbocycles. The van der Waals surface area contributed by atoms with Crippen LogP contribution in [0.15, 0.2) is 66.7 Å². The van der Waals surface area contributed by atoms with E-state index in [1.807, 2.05) is 43.3 Å². The van der Waals surface area contributed by atoms with Crippen molar-refractivity contribution in [3.8, 4) is 0 Å². The lowest BCUT2D eigenvalue weighted by atomic mass is 9.96. The van der Waals surface area contributed by atoms with Crippen LogP contribution in [0.1, 0.15) is 18.1 Å². The predicted molar refractivity (Wildman–Crippen MR) is 82.4 cm³/mol. The molecule has 104 valence electrons. The average Bonchev–Trinajstić information content (AvgIpc) is 2.52. The van der Waals surface area contributed by atoms with Gasteiger partial charge in [0.05, 0.1) is 6.10 Å². The van der Waals surface area contributed by atoms with Crippen molar-refractivity contribution < 1.29 is 9.47 Å². The monoisotopic (exact) mass is 268 g/mol. The minimum Gasteiger partial charge on any atom is -0.359 e. The van der Waals surface area contributed by atoms with Crippen LogP contribution in [0.3, 0.4) is 0 Å². The second-order valence-corrected chi connectivity index (χ2v) is 4.59. The topological polar surface area (TPSA) is 18.5 Å². The molecule has 0 spiro atoms. The molecule has 0 fully saturated rings. The van der Waals surface area contributed by atoms with Gasteiger partial charge in [-0.25, -0.2) is 0 Å². The molecule has 0 aliphatic rings. The number of ether oxygens (including phenoxy) is 2. The van der Waals surface area contributed by atoms with Crippen LogP contribution < -0.4 is 0 Å². The molecule has 2 aromatic rings. The van der Waals surface area contributed by atoms with Crippen LogP contribution >= 0.6 is 0 Å². The number of methoxy groups -OCH3 is 1. The third-order valence-electron chi connectivity index (χ3n) is 3.02. The van der Waals surface area contributed by atoms with E-state index in [-0.39, 0.29) is 6.10 Å². The first-order valence-electron chi connectivity index (χ1n) is 6.74. The summed E-state index contributed by atoms with van der Waals surface area (Å²) in [5.74, 6) is 0. The van der Waals surface area contributed by atoms with E-state index in [1.54, 1.807) is 7.11 Å². The fourth-order valence-electron chi connectivity index (χ4n) is 2.05. The van der Waals surface area contributed by atoms with Gasteiger partial charge in [-0.05, 0) is 29.7 Å². The largest absolute Gasteiger partial charge is 0.359 e. The van der Waals surface area contributed by atoms with E-state index >= 15 is 0 Å². The van der Waals surface area contributed by atoms with Crippen molar-refractivity contribution in [2.75, 3.05) is 13.9 Å². The van der Waals surface area contributed by atoms with Crippen LogP contribution in [-0.2, 0) is 9.47 Å². The van der Waals surface area contributed by atoms with Crippen molar-refractivity contribution in [2.24, 2.45) is 0 Å². The van der Waals surface area contributed by atoms with Gasteiger partial charge in [-0.15, -0.1) is 0 Å². The molecule has 2 nitrogen and oxygen atoms in total. The van der Waals surface area contributed by atoms with Crippen LogP contribution in [0.5, 0.6) is 0 Å². The Morgan fingerprint density at radius 2 is 1.45 bits per heavy atom. The summed E-state index contributed by atoms with van der Waals surface area (Å²) in [6.07, 6.45) is 2.12. The fraction of sp³-hybridized carbons (Fsp3) is 0.222. The number of hydrogen-bond acceptors (Lipinski definition) is 2. The quantitative estimate of drug-likeness (QED) is 0.733. The van der Waals surface area contributed by atoms with E-state index in [0.717, 1.165) is 0 Å². The molecule has 2 aromatic carbocycles. The first-order chi connectivity index (χ1) is 9.81. The molecular weight excluding hydrogens is 248 g/mol. The highest BCUT2D eigenvalue weighted by atomic mass is 16.7. The molecule has 2 heteroatoms. The van der Waals surface area contributed by atoms with Gasteiger partial charge >= 0.3 is 0 Å². The van der Waals surface area contributed by atoms with Gasteiger partial charge in [-0.3, -0.25) is 0 Å². The summed E-state index contributed by atoms with van der Waals surface area (Å²) in [5, 5.41) is 0. The van der Waals surface area contributed by atoms with Gasteiger partial charge in [0.2, 0.25) is 0 Å². The Kier molecular flexibility index (Phi) is 5.54. The van der Waals surface area contributed by atoms with Gasteiger partial charge in [-0.1, -0.05) is 60.7 Å². The molecule has 0 saturated carbocycles. The summed E-state index contributed by atoms with van der Waals surface area (Å²) in [6, 6.07) is 20.7. The molecular formula is C18H20O2. The lowest BCUT2D eigenvalue weighted by Gasteiger charge is -2.13. The van der Waals surface area contributed by atoms with E-state index in [0.29, 0.717) is 6.79 Å². The molecule has 0 radical (unpaired) electrons. The Bertz CT molecular complexity index is 490. The maximum Gasteiger partial charge on any atom is 0.147 e. The Hall–Kier alpha value is -1.90. The van der Waals surface area contributed by atoms with Crippen LogP contribution in [0.4, 0.5) is 0 Å². The molecule has 0 aliphatic heterocycles. The van der Waals surface area contributed by atoms with Crippen molar-refractivity contribution >= 4 is 5.57 Å². The van der Waals surface area contributed by atoms with E-state index in [2.05, 4.69) is 30.3 Å². The summed E-state index contributed by atoms with van der Waals surface area (Å²) in [7, 11) is 1.63. The molecule has 0 N–H and O–H groups in total. The van der Waals surface area contributed by atoms with Gasteiger partial charge in [-0.2, -0.15) is 0 Å². The lowest BCUT2D eigenvalue weighted by molar-refractivity contribution is -0.0493. The second kappa shape index (κ2) is 7.63. The van der Waals surface area contributed by atoms with Gasteiger partial charge in [0, 0.05) is 7.11 Å². The summed E-state index contributed by atoms with van der Waals surface area (Å²) < 4.78 is 10.5. The zero-order chi connectivity index (χ0) is 14.2. The Morgan fingerprint density at radius 1 is 0.950 bits per heavy atom. The maximum absolute atomic E-state index is 5.57. The smallest absolute Gasteiger partial charge is 0.147 e. The zero-order valence-electron chi connectivity index (χ0n) is 12.0. The third kappa shape index (κ3) is 4.05. The van der Waals surface area contributed by atoms with Crippen molar-refractivity contribution in [3.63, 3.8) is 0 Å². The molecule has 2 rings (SSSR count). The second-order valence-electron chi connectivity index (χ2n) is 4.59. The van der Waals surface area contributed by atoms with E-state index in [4.69, 9.17) is 9.47 Å². The minimum absolute atomic E-state index is 0.00892. The molecule has 0 aromatic heterocycles. The highest BCUT2D eigenvalue weighted by Gasteiger charge is 2.07. The summed E-state index contributed by atoms with van der Waals surface area (Å²) in [5.41, 5.74) is 3.55. The third-order valence-corrected chi connectivity index (χ3v) is 3.02. The van der Waals surface area contributed by atoms with Crippen LogP contribution in [0.2, 0.25) is 0 Å². The van der Waals surface area contributed by atoms with E-state index < -0.39 is 0 Å². The molecule has 20 heavy (non-hydrogen) atoms. The van der Waals surface area contributed by atoms with E-state index in [9.17, 15) is 0 Å². The van der Waals surface area contributed by atoms with E-state index in [1.165, 1.54) is 16.7 Å². The molecule has 0 heterocycles. The molecule has 1 atom stereocenters. The van der Waals surface area contributed by atoms with Gasteiger partial charge < -0.3 is 9.47 Å². The highest BCUT2D eigenvalue weighted by Crippen LogP contribution is 2.24. The lowest BCUT2D eigenvalue weighted by Crippen LogP contribution is -2.08. The van der Waals surface area contributed by atoms with Crippen LogP contribution in [0.25, 0.3) is 5.57 Å². The van der Waals surface area contributed by atoms with Crippen LogP contribution in [-0.4, -0.2) is 20.0 Å². The van der Waals surface area contributed by atoms with Crippen molar-refractivity contribution in [1.82, 2.24) is 0 Å². The highest BCUT2D eigenvalue weighted by molar-refractivity contribution is 5.79. The number of rotatable bonds is 6. The van der Waals surface area contributed by atoms with Crippen molar-refractivity contribution in [2.45, 2.75) is 13.0 Å². The molecule has 0 bridgehead atoms. The zero-order valence-corrected chi connectivity index (χ0v) is 12.0. The summed E-state index contributed by atoms with van der Waals surface area (Å²) in [6.45, 7) is 2.32. The molecule has 1 unspecified atom stereocenters. The molecule has 0 saturated heterocycles.